The number of hydrogen-bond acceptors (Lipinski definition) is 6. The van der Waals surface area contributed by atoms with E-state index in [0.717, 1.165) is 61.5 Å². The van der Waals surface area contributed by atoms with Crippen molar-refractivity contribution in [2.75, 3.05) is 43.2 Å². The van der Waals surface area contributed by atoms with Gasteiger partial charge in [0.25, 0.3) is 5.91 Å². The molecule has 2 aromatic carbocycles. The number of rotatable bonds is 12. The quantitative estimate of drug-likeness (QED) is 0.291. The van der Waals surface area contributed by atoms with Crippen LogP contribution >= 0.6 is 0 Å². The van der Waals surface area contributed by atoms with E-state index in [1.165, 1.54) is 0 Å². The number of aromatic nitrogens is 1. The zero-order valence-corrected chi connectivity index (χ0v) is 23.9. The van der Waals surface area contributed by atoms with Gasteiger partial charge >= 0.3 is 5.97 Å². The van der Waals surface area contributed by atoms with Crippen LogP contribution in [-0.2, 0) is 4.79 Å². The van der Waals surface area contributed by atoms with Crippen LogP contribution in [0.2, 0.25) is 0 Å². The number of aliphatic carboxylic acids is 1. The molecule has 3 aromatic rings. The highest BCUT2D eigenvalue weighted by atomic mass is 16.5. The Bertz CT molecular complexity index is 1340. The molecule has 1 amide bonds. The van der Waals surface area contributed by atoms with Crippen molar-refractivity contribution in [1.29, 1.82) is 0 Å². The van der Waals surface area contributed by atoms with Gasteiger partial charge in [0.2, 0.25) is 0 Å². The first-order valence-corrected chi connectivity index (χ1v) is 14.6. The van der Waals surface area contributed by atoms with E-state index in [-0.39, 0.29) is 18.2 Å². The highest BCUT2D eigenvalue weighted by molar-refractivity contribution is 6.09. The van der Waals surface area contributed by atoms with Crippen molar-refractivity contribution >= 4 is 23.4 Å². The van der Waals surface area contributed by atoms with Crippen LogP contribution < -0.4 is 19.3 Å². The van der Waals surface area contributed by atoms with E-state index in [4.69, 9.17) is 9.47 Å². The fourth-order valence-corrected chi connectivity index (χ4v) is 5.78. The van der Waals surface area contributed by atoms with Crippen LogP contribution in [-0.4, -0.2) is 55.3 Å². The number of hydrogen-bond donors (Lipinski definition) is 1. The number of carbonyl (C=O) groups excluding carboxylic acids is 1. The number of nitrogens with zero attached hydrogens (tertiary/aromatic N) is 3. The first-order valence-electron chi connectivity index (χ1n) is 14.6. The number of methoxy groups -OCH3 is 1. The molecule has 216 valence electrons. The molecule has 1 aliphatic carbocycles. The molecule has 5 rings (SSSR count). The van der Waals surface area contributed by atoms with Crippen molar-refractivity contribution in [2.24, 2.45) is 11.8 Å². The summed E-state index contributed by atoms with van der Waals surface area (Å²) in [6.07, 6.45) is 5.94. The number of carboxylic acid groups (broad SMARTS) is 1. The SMILES string of the molecule is CCN(C(=O)c1ccc(OC)cc1N1CCC(COc2cccc(C(CC(=O)O)C3CC3)c2)CC1)c1ccccn1. The van der Waals surface area contributed by atoms with Gasteiger partial charge in [0, 0.05) is 31.9 Å². The Labute approximate surface area is 241 Å². The van der Waals surface area contributed by atoms with E-state index >= 15 is 0 Å². The molecule has 0 spiro atoms. The van der Waals surface area contributed by atoms with Gasteiger partial charge in [0.15, 0.2) is 0 Å². The largest absolute Gasteiger partial charge is 0.497 e. The zero-order chi connectivity index (χ0) is 28.8. The van der Waals surface area contributed by atoms with Gasteiger partial charge in [-0.25, -0.2) is 4.98 Å². The first kappa shape index (κ1) is 28.5. The maximum Gasteiger partial charge on any atom is 0.303 e. The molecule has 2 heterocycles. The molecule has 2 aliphatic rings. The molecule has 0 bridgehead atoms. The second-order valence-corrected chi connectivity index (χ2v) is 11.0. The third-order valence-electron chi connectivity index (χ3n) is 8.24. The lowest BCUT2D eigenvalue weighted by molar-refractivity contribution is -0.137. The highest BCUT2D eigenvalue weighted by Gasteiger charge is 2.34. The zero-order valence-electron chi connectivity index (χ0n) is 23.9. The number of amides is 1. The molecular formula is C33H39N3O5. The molecular weight excluding hydrogens is 518 g/mol. The van der Waals surface area contributed by atoms with Gasteiger partial charge in [-0.15, -0.1) is 0 Å². The van der Waals surface area contributed by atoms with E-state index in [1.54, 1.807) is 18.2 Å². The van der Waals surface area contributed by atoms with Crippen LogP contribution in [0.3, 0.4) is 0 Å². The standard InChI is InChI=1S/C33H39N3O5/c1-3-36(31-9-4-5-16-34-31)33(39)28-13-12-26(40-2)20-30(28)35-17-14-23(15-18-35)22-41-27-8-6-7-25(19-27)29(21-32(37)38)24-10-11-24/h4-9,12-13,16,19-20,23-24,29H,3,10-11,14-15,17-18,21-22H2,1-2H3,(H,37,38). The van der Waals surface area contributed by atoms with Gasteiger partial charge in [0.05, 0.1) is 31.4 Å². The molecule has 1 saturated carbocycles. The lowest BCUT2D eigenvalue weighted by atomic mass is 9.91. The van der Waals surface area contributed by atoms with Gasteiger partial charge in [-0.05, 0) is 92.3 Å². The second-order valence-electron chi connectivity index (χ2n) is 11.0. The second kappa shape index (κ2) is 13.1. The van der Waals surface area contributed by atoms with Crippen molar-refractivity contribution in [1.82, 2.24) is 4.98 Å². The minimum atomic E-state index is -0.750. The van der Waals surface area contributed by atoms with Gasteiger partial charge in [-0.2, -0.15) is 0 Å². The van der Waals surface area contributed by atoms with E-state index in [1.807, 2.05) is 67.6 Å². The van der Waals surface area contributed by atoms with Crippen molar-refractivity contribution in [3.05, 3.63) is 78.0 Å². The van der Waals surface area contributed by atoms with E-state index < -0.39 is 5.97 Å². The summed E-state index contributed by atoms with van der Waals surface area (Å²) in [6, 6.07) is 19.2. The van der Waals surface area contributed by atoms with Crippen LogP contribution in [0, 0.1) is 11.8 Å². The summed E-state index contributed by atoms with van der Waals surface area (Å²) in [6.45, 7) is 4.69. The fraction of sp³-hybridized carbons (Fsp3) is 0.424. The Morgan fingerprint density at radius 2 is 1.83 bits per heavy atom. The van der Waals surface area contributed by atoms with Crippen molar-refractivity contribution < 1.29 is 24.2 Å². The number of benzene rings is 2. The third-order valence-corrected chi connectivity index (χ3v) is 8.24. The Morgan fingerprint density at radius 1 is 1.02 bits per heavy atom. The minimum Gasteiger partial charge on any atom is -0.497 e. The molecule has 1 unspecified atom stereocenters. The molecule has 8 heteroatoms. The minimum absolute atomic E-state index is 0.0559. The van der Waals surface area contributed by atoms with Crippen LogP contribution in [0.1, 0.15) is 60.9 Å². The summed E-state index contributed by atoms with van der Waals surface area (Å²) in [5.41, 5.74) is 2.57. The number of anilines is 2. The van der Waals surface area contributed by atoms with Crippen LogP contribution in [0.4, 0.5) is 11.5 Å². The summed E-state index contributed by atoms with van der Waals surface area (Å²) in [4.78, 5) is 33.5. The predicted molar refractivity (Wildman–Crippen MR) is 159 cm³/mol. The van der Waals surface area contributed by atoms with Crippen molar-refractivity contribution in [3.8, 4) is 11.5 Å². The predicted octanol–water partition coefficient (Wildman–Crippen LogP) is 6.02. The van der Waals surface area contributed by atoms with E-state index in [9.17, 15) is 14.7 Å². The van der Waals surface area contributed by atoms with Gasteiger partial charge in [-0.1, -0.05) is 18.2 Å². The van der Waals surface area contributed by atoms with Gasteiger partial charge < -0.3 is 19.5 Å². The maximum absolute atomic E-state index is 13.7. The smallest absolute Gasteiger partial charge is 0.303 e. The normalized spacial score (nSPS) is 16.2. The summed E-state index contributed by atoms with van der Waals surface area (Å²) in [5.74, 6) is 2.23. The average molecular weight is 558 g/mol. The maximum atomic E-state index is 13.7. The summed E-state index contributed by atoms with van der Waals surface area (Å²) in [5, 5.41) is 9.37. The van der Waals surface area contributed by atoms with E-state index in [2.05, 4.69) is 9.88 Å². The Balaban J connectivity index is 1.23. The van der Waals surface area contributed by atoms with E-state index in [0.29, 0.717) is 36.4 Å². The van der Waals surface area contributed by atoms with Crippen LogP contribution in [0.15, 0.2) is 66.9 Å². The van der Waals surface area contributed by atoms with Gasteiger partial charge in [-0.3, -0.25) is 14.5 Å². The van der Waals surface area contributed by atoms with Crippen LogP contribution in [0.5, 0.6) is 11.5 Å². The fourth-order valence-electron chi connectivity index (χ4n) is 5.78. The molecule has 2 fully saturated rings. The molecule has 1 N–H and O–H groups in total. The summed E-state index contributed by atoms with van der Waals surface area (Å²) in [7, 11) is 1.64. The molecule has 1 aromatic heterocycles. The lowest BCUT2D eigenvalue weighted by Crippen LogP contribution is -2.38. The molecule has 41 heavy (non-hydrogen) atoms. The van der Waals surface area contributed by atoms with Crippen molar-refractivity contribution in [2.45, 2.75) is 44.9 Å². The number of carboxylic acids is 1. The topological polar surface area (TPSA) is 92.2 Å². The summed E-state index contributed by atoms with van der Waals surface area (Å²) >= 11 is 0. The monoisotopic (exact) mass is 557 g/mol. The molecule has 1 aliphatic heterocycles. The number of ether oxygens (including phenoxy) is 2. The van der Waals surface area contributed by atoms with Crippen molar-refractivity contribution in [3.63, 3.8) is 0 Å². The Hall–Kier alpha value is -4.07. The van der Waals surface area contributed by atoms with Crippen LogP contribution in [0.25, 0.3) is 0 Å². The summed E-state index contributed by atoms with van der Waals surface area (Å²) < 4.78 is 11.7. The lowest BCUT2D eigenvalue weighted by Gasteiger charge is -2.35. The molecule has 1 atom stereocenters. The average Bonchev–Trinajstić information content (AvgIpc) is 3.85. The third kappa shape index (κ3) is 6.99. The number of carbonyl (C=O) groups is 2. The Kier molecular flexibility index (Phi) is 9.07. The molecule has 8 nitrogen and oxygen atoms in total. The first-order chi connectivity index (χ1) is 20.0. The Morgan fingerprint density at radius 3 is 2.49 bits per heavy atom. The number of piperidine rings is 1. The number of pyridine rings is 1. The molecule has 0 radical (unpaired) electrons. The highest BCUT2D eigenvalue weighted by Crippen LogP contribution is 2.45. The van der Waals surface area contributed by atoms with Gasteiger partial charge in [0.1, 0.15) is 17.3 Å². The molecule has 1 saturated heterocycles.